The van der Waals surface area contributed by atoms with Gasteiger partial charge in [-0.1, -0.05) is 176 Å². The molecule has 2 heteroatoms. The standard InChI is InChI=1S/C55H34N2/c1-2-15-37(16-3-1)54-48-33-32-46-41-18-11-13-25-50(41)57(55(46)53(48)47-23-10-12-24-49(47)56-54)40-30-28-36(29-31-40)51-42-19-6-8-21-44(42)52(45-22-9-7-20-43(45)51)39-27-26-35-14-4-5-17-38(35)34-39/h1-34H. The van der Waals surface area contributed by atoms with Crippen molar-refractivity contribution in [3.8, 4) is 39.2 Å². The Morgan fingerprint density at radius 1 is 0.333 bits per heavy atom. The molecule has 0 N–H and O–H groups in total. The van der Waals surface area contributed by atoms with Gasteiger partial charge in [0.2, 0.25) is 0 Å². The Morgan fingerprint density at radius 3 is 1.60 bits per heavy atom. The summed E-state index contributed by atoms with van der Waals surface area (Å²) >= 11 is 0. The summed E-state index contributed by atoms with van der Waals surface area (Å²) < 4.78 is 2.47. The fourth-order valence-corrected chi connectivity index (χ4v) is 9.45. The minimum absolute atomic E-state index is 0.995. The zero-order valence-electron chi connectivity index (χ0n) is 31.0. The Bertz CT molecular complexity index is 3500. The number of fused-ring (bicyclic) bond motifs is 10. The van der Waals surface area contributed by atoms with Crippen molar-refractivity contribution in [3.63, 3.8) is 0 Å². The number of pyridine rings is 1. The molecule has 12 rings (SSSR count). The van der Waals surface area contributed by atoms with Gasteiger partial charge in [-0.25, -0.2) is 4.98 Å². The molecule has 0 atom stereocenters. The molecule has 0 saturated heterocycles. The van der Waals surface area contributed by atoms with E-state index in [1.807, 2.05) is 0 Å². The maximum Gasteiger partial charge on any atom is 0.0788 e. The van der Waals surface area contributed by atoms with Gasteiger partial charge < -0.3 is 4.57 Å². The molecular weight excluding hydrogens is 689 g/mol. The van der Waals surface area contributed by atoms with Crippen LogP contribution in [0.5, 0.6) is 0 Å². The van der Waals surface area contributed by atoms with Gasteiger partial charge >= 0.3 is 0 Å². The summed E-state index contributed by atoms with van der Waals surface area (Å²) in [6, 6.07) is 75.1. The van der Waals surface area contributed by atoms with E-state index in [1.165, 1.54) is 81.8 Å². The average molecular weight is 723 g/mol. The normalized spacial score (nSPS) is 11.9. The first-order valence-electron chi connectivity index (χ1n) is 19.6. The number of nitrogens with zero attached hydrogens (tertiary/aromatic N) is 2. The molecule has 12 aromatic rings. The number of benzene rings is 10. The van der Waals surface area contributed by atoms with Gasteiger partial charge in [0.25, 0.3) is 0 Å². The van der Waals surface area contributed by atoms with Crippen molar-refractivity contribution in [3.05, 3.63) is 206 Å². The van der Waals surface area contributed by atoms with E-state index in [-0.39, 0.29) is 0 Å². The lowest BCUT2D eigenvalue weighted by Gasteiger charge is -2.18. The van der Waals surface area contributed by atoms with Crippen molar-refractivity contribution < 1.29 is 0 Å². The fraction of sp³-hybridized carbons (Fsp3) is 0. The van der Waals surface area contributed by atoms with Crippen LogP contribution in [0.25, 0.3) is 115 Å². The summed E-state index contributed by atoms with van der Waals surface area (Å²) in [5.41, 5.74) is 11.6. The SMILES string of the molecule is c1ccc(-c2nc3ccccc3c3c2ccc2c4ccccc4n(-c4ccc(-c5c6ccccc6c(-c6ccc7ccccc7c6)c6ccccc56)cc4)c23)cc1. The molecule has 2 aromatic heterocycles. The zero-order chi connectivity index (χ0) is 37.5. The van der Waals surface area contributed by atoms with Crippen molar-refractivity contribution in [2.24, 2.45) is 0 Å². The van der Waals surface area contributed by atoms with Crippen LogP contribution in [0, 0.1) is 0 Å². The minimum atomic E-state index is 0.995. The molecule has 0 aliphatic heterocycles. The number of para-hydroxylation sites is 2. The third-order valence-electron chi connectivity index (χ3n) is 11.9. The summed E-state index contributed by atoms with van der Waals surface area (Å²) in [5, 5.41) is 13.5. The third kappa shape index (κ3) is 4.81. The lowest BCUT2D eigenvalue weighted by Crippen LogP contribution is -1.97. The summed E-state index contributed by atoms with van der Waals surface area (Å²) in [7, 11) is 0. The Hall–Kier alpha value is -7.55. The third-order valence-corrected chi connectivity index (χ3v) is 11.9. The molecule has 264 valence electrons. The quantitative estimate of drug-likeness (QED) is 0.131. The van der Waals surface area contributed by atoms with Crippen LogP contribution in [0.15, 0.2) is 206 Å². The lowest BCUT2D eigenvalue weighted by atomic mass is 9.85. The van der Waals surface area contributed by atoms with Crippen LogP contribution in [-0.4, -0.2) is 9.55 Å². The van der Waals surface area contributed by atoms with Crippen LogP contribution in [0.3, 0.4) is 0 Å². The molecule has 2 heterocycles. The monoisotopic (exact) mass is 722 g/mol. The van der Waals surface area contributed by atoms with Gasteiger partial charge in [0, 0.05) is 38.2 Å². The van der Waals surface area contributed by atoms with Crippen LogP contribution in [-0.2, 0) is 0 Å². The molecule has 0 fully saturated rings. The molecule has 0 aliphatic rings. The number of aromatic nitrogens is 2. The van der Waals surface area contributed by atoms with Gasteiger partial charge in [-0.15, -0.1) is 0 Å². The van der Waals surface area contributed by atoms with E-state index < -0.39 is 0 Å². The first-order chi connectivity index (χ1) is 28.3. The fourth-order valence-electron chi connectivity index (χ4n) is 9.45. The molecule has 2 nitrogen and oxygen atoms in total. The van der Waals surface area contributed by atoms with Crippen molar-refractivity contribution in [1.82, 2.24) is 9.55 Å². The van der Waals surface area contributed by atoms with Crippen molar-refractivity contribution in [1.29, 1.82) is 0 Å². The summed E-state index contributed by atoms with van der Waals surface area (Å²) in [5.74, 6) is 0. The highest BCUT2D eigenvalue weighted by atomic mass is 15.0. The molecule has 0 amide bonds. The summed E-state index contributed by atoms with van der Waals surface area (Å²) in [4.78, 5) is 5.26. The highest BCUT2D eigenvalue weighted by Crippen LogP contribution is 2.46. The van der Waals surface area contributed by atoms with Gasteiger partial charge in [-0.3, -0.25) is 0 Å². The molecule has 0 saturated carbocycles. The van der Waals surface area contributed by atoms with Crippen LogP contribution in [0.1, 0.15) is 0 Å². The number of rotatable bonds is 4. The lowest BCUT2D eigenvalue weighted by molar-refractivity contribution is 1.19. The smallest absolute Gasteiger partial charge is 0.0788 e. The molecule has 0 radical (unpaired) electrons. The van der Waals surface area contributed by atoms with Crippen molar-refractivity contribution in [2.45, 2.75) is 0 Å². The van der Waals surface area contributed by atoms with Gasteiger partial charge in [0.15, 0.2) is 0 Å². The van der Waals surface area contributed by atoms with Crippen molar-refractivity contribution >= 4 is 75.8 Å². The minimum Gasteiger partial charge on any atom is -0.309 e. The van der Waals surface area contributed by atoms with Gasteiger partial charge in [-0.2, -0.15) is 0 Å². The molecule has 0 unspecified atom stereocenters. The topological polar surface area (TPSA) is 17.8 Å². The zero-order valence-corrected chi connectivity index (χ0v) is 31.0. The molecule has 0 aliphatic carbocycles. The van der Waals surface area contributed by atoms with Crippen LogP contribution < -0.4 is 0 Å². The Balaban J connectivity index is 1.11. The summed E-state index contributed by atoms with van der Waals surface area (Å²) in [6.07, 6.45) is 0. The van der Waals surface area contributed by atoms with Gasteiger partial charge in [0.1, 0.15) is 0 Å². The van der Waals surface area contributed by atoms with Gasteiger partial charge in [0.05, 0.1) is 22.2 Å². The molecular formula is C55H34N2. The van der Waals surface area contributed by atoms with E-state index in [1.54, 1.807) is 0 Å². The predicted molar refractivity (Wildman–Crippen MR) is 242 cm³/mol. The number of hydrogen-bond acceptors (Lipinski definition) is 1. The van der Waals surface area contributed by atoms with Gasteiger partial charge in [-0.05, 0) is 84.9 Å². The van der Waals surface area contributed by atoms with E-state index in [0.29, 0.717) is 0 Å². The van der Waals surface area contributed by atoms with E-state index in [4.69, 9.17) is 4.98 Å². The maximum absolute atomic E-state index is 5.26. The van der Waals surface area contributed by atoms with Crippen LogP contribution >= 0.6 is 0 Å². The largest absolute Gasteiger partial charge is 0.309 e. The molecule has 57 heavy (non-hydrogen) atoms. The first-order valence-corrected chi connectivity index (χ1v) is 19.6. The Kier molecular flexibility index (Phi) is 6.96. The second kappa shape index (κ2) is 12.5. The first kappa shape index (κ1) is 31.8. The number of hydrogen-bond donors (Lipinski definition) is 0. The maximum atomic E-state index is 5.26. The molecule has 0 bridgehead atoms. The second-order valence-electron chi connectivity index (χ2n) is 15.0. The van der Waals surface area contributed by atoms with E-state index in [2.05, 4.69) is 211 Å². The van der Waals surface area contributed by atoms with E-state index >= 15 is 0 Å². The predicted octanol–water partition coefficient (Wildman–Crippen LogP) is 14.9. The van der Waals surface area contributed by atoms with E-state index in [9.17, 15) is 0 Å². The Labute approximate surface area is 329 Å². The molecule has 10 aromatic carbocycles. The molecule has 0 spiro atoms. The van der Waals surface area contributed by atoms with Crippen LogP contribution in [0.4, 0.5) is 0 Å². The van der Waals surface area contributed by atoms with Crippen LogP contribution in [0.2, 0.25) is 0 Å². The average Bonchev–Trinajstić information content (AvgIpc) is 3.62. The second-order valence-corrected chi connectivity index (χ2v) is 15.0. The van der Waals surface area contributed by atoms with E-state index in [0.717, 1.165) is 33.2 Å². The Morgan fingerprint density at radius 2 is 0.877 bits per heavy atom. The summed E-state index contributed by atoms with van der Waals surface area (Å²) in [6.45, 7) is 0. The van der Waals surface area contributed by atoms with Crippen molar-refractivity contribution in [2.75, 3.05) is 0 Å². The highest BCUT2D eigenvalue weighted by molar-refractivity contribution is 6.27. The highest BCUT2D eigenvalue weighted by Gasteiger charge is 2.21.